The molecule has 32 heavy (non-hydrogen) atoms. The molecule has 4 rings (SSSR count). The Morgan fingerprint density at radius 2 is 1.94 bits per heavy atom. The van der Waals surface area contributed by atoms with E-state index in [1.54, 1.807) is 18.2 Å². The molecule has 2 aromatic carbocycles. The largest absolute Gasteiger partial charge is 0.454 e. The highest BCUT2D eigenvalue weighted by atomic mass is 35.5. The summed E-state index contributed by atoms with van der Waals surface area (Å²) in [7, 11) is 0. The number of rotatable bonds is 6. The summed E-state index contributed by atoms with van der Waals surface area (Å²) in [5.41, 5.74) is 1.44. The van der Waals surface area contributed by atoms with Crippen molar-refractivity contribution in [1.82, 2.24) is 10.3 Å². The number of nitrogens with zero attached hydrogens (tertiary/aromatic N) is 2. The number of amides is 1. The summed E-state index contributed by atoms with van der Waals surface area (Å²) in [5.74, 6) is 1.39. The van der Waals surface area contributed by atoms with Crippen LogP contribution in [0.1, 0.15) is 35.3 Å². The Kier molecular flexibility index (Phi) is 5.89. The van der Waals surface area contributed by atoms with Crippen LogP contribution in [0.15, 0.2) is 54.7 Å². The molecule has 1 N–H and O–H groups in total. The van der Waals surface area contributed by atoms with E-state index in [4.69, 9.17) is 25.8 Å². The number of hydrogen-bond acceptors (Lipinski definition) is 6. The SMILES string of the molecule is CC(C)(C#N)c1ccc(CNC(=O)c2cc(Cl)cnc2Oc2ccc3c(c2)OCO3)cc1. The van der Waals surface area contributed by atoms with Crippen molar-refractivity contribution in [2.45, 2.75) is 25.8 Å². The van der Waals surface area contributed by atoms with Gasteiger partial charge in [-0.3, -0.25) is 4.79 Å². The zero-order chi connectivity index (χ0) is 22.7. The maximum atomic E-state index is 12.9. The van der Waals surface area contributed by atoms with Crippen LogP contribution in [-0.2, 0) is 12.0 Å². The molecule has 1 aliphatic rings. The van der Waals surface area contributed by atoms with Gasteiger partial charge in [-0.1, -0.05) is 35.9 Å². The van der Waals surface area contributed by atoms with Crippen LogP contribution >= 0.6 is 11.6 Å². The molecule has 3 aromatic rings. The number of halogens is 1. The van der Waals surface area contributed by atoms with E-state index in [2.05, 4.69) is 16.4 Å². The molecule has 0 saturated carbocycles. The van der Waals surface area contributed by atoms with Crippen molar-refractivity contribution in [3.8, 4) is 29.2 Å². The second-order valence-electron chi connectivity index (χ2n) is 7.74. The molecule has 0 unspecified atom stereocenters. The summed E-state index contributed by atoms with van der Waals surface area (Å²) in [5, 5.41) is 12.4. The molecular weight excluding hydrogens is 430 g/mol. The van der Waals surface area contributed by atoms with E-state index in [0.717, 1.165) is 11.1 Å². The lowest BCUT2D eigenvalue weighted by atomic mass is 9.86. The molecule has 0 atom stereocenters. The van der Waals surface area contributed by atoms with E-state index >= 15 is 0 Å². The molecule has 0 bridgehead atoms. The minimum absolute atomic E-state index is 0.122. The molecule has 0 aliphatic carbocycles. The monoisotopic (exact) mass is 449 g/mol. The van der Waals surface area contributed by atoms with Gasteiger partial charge < -0.3 is 19.5 Å². The van der Waals surface area contributed by atoms with Crippen molar-refractivity contribution < 1.29 is 19.0 Å². The fourth-order valence-electron chi connectivity index (χ4n) is 3.10. The van der Waals surface area contributed by atoms with Crippen molar-refractivity contribution in [1.29, 1.82) is 5.26 Å². The molecule has 1 aliphatic heterocycles. The van der Waals surface area contributed by atoms with Crippen LogP contribution in [0.2, 0.25) is 5.02 Å². The van der Waals surface area contributed by atoms with Gasteiger partial charge in [0.1, 0.15) is 11.3 Å². The number of carbonyl (C=O) groups excluding carboxylic acids is 1. The number of benzene rings is 2. The van der Waals surface area contributed by atoms with Gasteiger partial charge in [0, 0.05) is 18.8 Å². The zero-order valence-electron chi connectivity index (χ0n) is 17.5. The Bertz CT molecular complexity index is 1200. The number of carbonyl (C=O) groups is 1. The Hall–Kier alpha value is -3.76. The van der Waals surface area contributed by atoms with Crippen LogP contribution in [0.25, 0.3) is 0 Å². The molecule has 162 valence electrons. The highest BCUT2D eigenvalue weighted by molar-refractivity contribution is 6.30. The molecule has 0 spiro atoms. The third-order valence-corrected chi connectivity index (χ3v) is 5.24. The van der Waals surface area contributed by atoms with E-state index in [-0.39, 0.29) is 24.1 Å². The average molecular weight is 450 g/mol. The number of nitrogens with one attached hydrogen (secondary N) is 1. The summed E-state index contributed by atoms with van der Waals surface area (Å²) >= 11 is 6.07. The maximum Gasteiger partial charge on any atom is 0.257 e. The zero-order valence-corrected chi connectivity index (χ0v) is 18.3. The minimum atomic E-state index is -0.574. The van der Waals surface area contributed by atoms with Crippen molar-refractivity contribution >= 4 is 17.5 Å². The van der Waals surface area contributed by atoms with E-state index in [1.807, 2.05) is 38.1 Å². The number of nitriles is 1. The standard InChI is InChI=1S/C24H20ClN3O4/c1-24(2,13-26)16-5-3-15(4-6-16)11-27-22(29)19-9-17(25)12-28-23(19)32-18-7-8-20-21(10-18)31-14-30-20/h3-10,12H,11,14H2,1-2H3,(H,27,29). The fourth-order valence-corrected chi connectivity index (χ4v) is 3.26. The van der Waals surface area contributed by atoms with Crippen molar-refractivity contribution in [2.24, 2.45) is 0 Å². The van der Waals surface area contributed by atoms with Gasteiger partial charge in [0.15, 0.2) is 11.5 Å². The van der Waals surface area contributed by atoms with Crippen molar-refractivity contribution in [2.75, 3.05) is 6.79 Å². The first kappa shape index (κ1) is 21.5. The molecule has 0 radical (unpaired) electrons. The van der Waals surface area contributed by atoms with E-state index < -0.39 is 5.41 Å². The summed E-state index contributed by atoms with van der Waals surface area (Å²) < 4.78 is 16.5. The smallest absolute Gasteiger partial charge is 0.257 e. The molecule has 0 saturated heterocycles. The molecule has 0 fully saturated rings. The van der Waals surface area contributed by atoms with Gasteiger partial charge in [-0.05, 0) is 43.2 Å². The van der Waals surface area contributed by atoms with Crippen LogP contribution in [0.5, 0.6) is 23.1 Å². The Morgan fingerprint density at radius 1 is 1.19 bits per heavy atom. The molecule has 7 nitrogen and oxygen atoms in total. The fraction of sp³-hybridized carbons (Fsp3) is 0.208. The van der Waals surface area contributed by atoms with Crippen molar-refractivity contribution in [3.63, 3.8) is 0 Å². The lowest BCUT2D eigenvalue weighted by Crippen LogP contribution is -2.23. The number of fused-ring (bicyclic) bond motifs is 1. The Morgan fingerprint density at radius 3 is 2.69 bits per heavy atom. The highest BCUT2D eigenvalue weighted by Gasteiger charge is 2.20. The third kappa shape index (κ3) is 4.61. The molecule has 1 aromatic heterocycles. The lowest BCUT2D eigenvalue weighted by Gasteiger charge is -2.16. The van der Waals surface area contributed by atoms with E-state index in [9.17, 15) is 10.1 Å². The third-order valence-electron chi connectivity index (χ3n) is 5.03. The number of pyridine rings is 1. The van der Waals surface area contributed by atoms with Gasteiger partial charge in [0.2, 0.25) is 12.7 Å². The van der Waals surface area contributed by atoms with E-state index in [1.165, 1.54) is 12.3 Å². The average Bonchev–Trinajstić information content (AvgIpc) is 3.27. The second kappa shape index (κ2) is 8.77. The number of aromatic nitrogens is 1. The van der Waals surface area contributed by atoms with Gasteiger partial charge in [0.05, 0.1) is 16.5 Å². The maximum absolute atomic E-state index is 12.9. The van der Waals surface area contributed by atoms with Crippen LogP contribution in [-0.4, -0.2) is 17.7 Å². The van der Waals surface area contributed by atoms with E-state index in [0.29, 0.717) is 28.8 Å². The quantitative estimate of drug-likeness (QED) is 0.570. The molecule has 2 heterocycles. The van der Waals surface area contributed by atoms with Gasteiger partial charge in [-0.2, -0.15) is 5.26 Å². The Balaban J connectivity index is 1.48. The lowest BCUT2D eigenvalue weighted by molar-refractivity contribution is 0.0948. The van der Waals surface area contributed by atoms with Gasteiger partial charge >= 0.3 is 0 Å². The first-order valence-electron chi connectivity index (χ1n) is 9.87. The normalized spacial score (nSPS) is 12.2. The van der Waals surface area contributed by atoms with Gasteiger partial charge in [0.25, 0.3) is 5.91 Å². The molecular formula is C24H20ClN3O4. The van der Waals surface area contributed by atoms with Crippen LogP contribution in [0.3, 0.4) is 0 Å². The summed E-state index contributed by atoms with van der Waals surface area (Å²) in [6.45, 7) is 4.16. The number of ether oxygens (including phenoxy) is 3. The van der Waals surface area contributed by atoms with Crippen molar-refractivity contribution in [3.05, 3.63) is 76.4 Å². The Labute approximate surface area is 190 Å². The first-order chi connectivity index (χ1) is 15.4. The second-order valence-corrected chi connectivity index (χ2v) is 8.18. The minimum Gasteiger partial charge on any atom is -0.454 e. The first-order valence-corrected chi connectivity index (χ1v) is 10.3. The van der Waals surface area contributed by atoms with Crippen LogP contribution in [0, 0.1) is 11.3 Å². The summed E-state index contributed by atoms with van der Waals surface area (Å²) in [6, 6.07) is 16.4. The predicted molar refractivity (Wildman–Crippen MR) is 118 cm³/mol. The predicted octanol–water partition coefficient (Wildman–Crippen LogP) is 4.99. The van der Waals surface area contributed by atoms with Gasteiger partial charge in [-0.15, -0.1) is 0 Å². The molecule has 8 heteroatoms. The van der Waals surface area contributed by atoms with Gasteiger partial charge in [-0.25, -0.2) is 4.98 Å². The topological polar surface area (TPSA) is 93.5 Å². The molecule has 1 amide bonds. The van der Waals surface area contributed by atoms with Crippen LogP contribution < -0.4 is 19.5 Å². The summed E-state index contributed by atoms with van der Waals surface area (Å²) in [6.07, 6.45) is 1.41. The highest BCUT2D eigenvalue weighted by Crippen LogP contribution is 2.37. The summed E-state index contributed by atoms with van der Waals surface area (Å²) in [4.78, 5) is 17.0. The van der Waals surface area contributed by atoms with Crippen LogP contribution in [0.4, 0.5) is 0 Å². The number of hydrogen-bond donors (Lipinski definition) is 1.